The largest absolute Gasteiger partial charge is 0.399 e. The Morgan fingerprint density at radius 3 is 2.70 bits per heavy atom. The molecule has 2 rings (SSSR count). The zero-order valence-electron chi connectivity index (χ0n) is 12.4. The molecular formula is C17H26N2O. The van der Waals surface area contributed by atoms with Crippen LogP contribution in [-0.4, -0.2) is 11.9 Å². The number of hydrogen-bond donors (Lipinski definition) is 2. The van der Waals surface area contributed by atoms with Crippen LogP contribution >= 0.6 is 0 Å². The Kier molecular flexibility index (Phi) is 5.45. The summed E-state index contributed by atoms with van der Waals surface area (Å²) in [6, 6.07) is 8.16. The third-order valence-corrected chi connectivity index (χ3v) is 4.24. The Labute approximate surface area is 121 Å². The van der Waals surface area contributed by atoms with E-state index in [1.165, 1.54) is 24.8 Å². The van der Waals surface area contributed by atoms with E-state index in [9.17, 15) is 4.79 Å². The van der Waals surface area contributed by atoms with Crippen LogP contribution in [0.5, 0.6) is 0 Å². The summed E-state index contributed by atoms with van der Waals surface area (Å²) in [6.07, 6.45) is 7.41. The average molecular weight is 274 g/mol. The van der Waals surface area contributed by atoms with Gasteiger partial charge in [-0.3, -0.25) is 4.79 Å². The Balaban J connectivity index is 1.73. The van der Waals surface area contributed by atoms with Crippen LogP contribution in [0.15, 0.2) is 24.3 Å². The van der Waals surface area contributed by atoms with Crippen molar-refractivity contribution in [2.75, 3.05) is 5.73 Å². The van der Waals surface area contributed by atoms with Gasteiger partial charge in [0.1, 0.15) is 0 Å². The van der Waals surface area contributed by atoms with Gasteiger partial charge in [0.25, 0.3) is 0 Å². The van der Waals surface area contributed by atoms with Crippen molar-refractivity contribution in [1.29, 1.82) is 0 Å². The molecule has 2 atom stereocenters. The van der Waals surface area contributed by atoms with Crippen molar-refractivity contribution < 1.29 is 4.79 Å². The van der Waals surface area contributed by atoms with E-state index in [-0.39, 0.29) is 5.91 Å². The van der Waals surface area contributed by atoms with E-state index in [1.54, 1.807) is 0 Å². The first kappa shape index (κ1) is 14.9. The molecule has 3 nitrogen and oxygen atoms in total. The second-order valence-corrected chi connectivity index (χ2v) is 6.12. The van der Waals surface area contributed by atoms with Crippen LogP contribution in [0, 0.1) is 5.92 Å². The highest BCUT2D eigenvalue weighted by Gasteiger charge is 2.17. The SMILES string of the molecule is CC1CCCC(NC(=O)CCc2ccc(N)cc2)CC1. The average Bonchev–Trinajstić information content (AvgIpc) is 2.63. The van der Waals surface area contributed by atoms with Gasteiger partial charge in [0.15, 0.2) is 0 Å². The van der Waals surface area contributed by atoms with E-state index in [0.717, 1.165) is 30.9 Å². The summed E-state index contributed by atoms with van der Waals surface area (Å²) >= 11 is 0. The highest BCUT2D eigenvalue weighted by atomic mass is 16.1. The summed E-state index contributed by atoms with van der Waals surface area (Å²) in [5, 5.41) is 3.20. The number of aryl methyl sites for hydroxylation is 1. The minimum Gasteiger partial charge on any atom is -0.399 e. The highest BCUT2D eigenvalue weighted by Crippen LogP contribution is 2.22. The molecule has 1 amide bonds. The lowest BCUT2D eigenvalue weighted by Crippen LogP contribution is -2.34. The van der Waals surface area contributed by atoms with E-state index >= 15 is 0 Å². The smallest absolute Gasteiger partial charge is 0.220 e. The van der Waals surface area contributed by atoms with Gasteiger partial charge in [-0.1, -0.05) is 31.9 Å². The highest BCUT2D eigenvalue weighted by molar-refractivity contribution is 5.76. The summed E-state index contributed by atoms with van der Waals surface area (Å²) < 4.78 is 0. The number of anilines is 1. The molecule has 1 aliphatic rings. The molecule has 0 bridgehead atoms. The second-order valence-electron chi connectivity index (χ2n) is 6.12. The summed E-state index contributed by atoms with van der Waals surface area (Å²) in [7, 11) is 0. The Morgan fingerprint density at radius 1 is 1.20 bits per heavy atom. The van der Waals surface area contributed by atoms with Gasteiger partial charge in [0.05, 0.1) is 0 Å². The van der Waals surface area contributed by atoms with E-state index in [4.69, 9.17) is 5.73 Å². The summed E-state index contributed by atoms with van der Waals surface area (Å²) in [6.45, 7) is 2.31. The van der Waals surface area contributed by atoms with E-state index in [2.05, 4.69) is 12.2 Å². The van der Waals surface area contributed by atoms with Crippen molar-refractivity contribution in [2.45, 2.75) is 57.9 Å². The lowest BCUT2D eigenvalue weighted by Gasteiger charge is -2.16. The van der Waals surface area contributed by atoms with E-state index < -0.39 is 0 Å². The molecular weight excluding hydrogens is 248 g/mol. The van der Waals surface area contributed by atoms with E-state index in [1.807, 2.05) is 24.3 Å². The fraction of sp³-hybridized carbons (Fsp3) is 0.588. The van der Waals surface area contributed by atoms with Crippen LogP contribution in [-0.2, 0) is 11.2 Å². The van der Waals surface area contributed by atoms with Gasteiger partial charge < -0.3 is 11.1 Å². The minimum atomic E-state index is 0.182. The van der Waals surface area contributed by atoms with Gasteiger partial charge in [-0.15, -0.1) is 0 Å². The molecule has 0 heterocycles. The van der Waals surface area contributed by atoms with Gasteiger partial charge in [0, 0.05) is 18.2 Å². The first-order chi connectivity index (χ1) is 9.63. The first-order valence-electron chi connectivity index (χ1n) is 7.77. The lowest BCUT2D eigenvalue weighted by atomic mass is 10.0. The van der Waals surface area contributed by atoms with Crippen LogP contribution in [0.4, 0.5) is 5.69 Å². The van der Waals surface area contributed by atoms with Gasteiger partial charge in [-0.2, -0.15) is 0 Å². The Morgan fingerprint density at radius 2 is 1.95 bits per heavy atom. The molecule has 1 aliphatic carbocycles. The molecule has 0 radical (unpaired) electrons. The molecule has 0 aromatic heterocycles. The number of carbonyl (C=O) groups is 1. The molecule has 1 aromatic rings. The second kappa shape index (κ2) is 7.32. The number of benzene rings is 1. The molecule has 110 valence electrons. The van der Waals surface area contributed by atoms with Crippen molar-refractivity contribution in [3.05, 3.63) is 29.8 Å². The van der Waals surface area contributed by atoms with Gasteiger partial charge in [-0.05, 0) is 49.3 Å². The van der Waals surface area contributed by atoms with E-state index in [0.29, 0.717) is 12.5 Å². The zero-order valence-corrected chi connectivity index (χ0v) is 12.4. The number of hydrogen-bond acceptors (Lipinski definition) is 2. The van der Waals surface area contributed by atoms with Crippen molar-refractivity contribution in [3.8, 4) is 0 Å². The molecule has 2 unspecified atom stereocenters. The summed E-state index contributed by atoms with van der Waals surface area (Å²) in [5.74, 6) is 0.994. The molecule has 1 aromatic carbocycles. The van der Waals surface area contributed by atoms with Gasteiger partial charge >= 0.3 is 0 Å². The van der Waals surface area contributed by atoms with Crippen LogP contribution in [0.3, 0.4) is 0 Å². The Bertz CT molecular complexity index is 427. The first-order valence-corrected chi connectivity index (χ1v) is 7.77. The molecule has 0 saturated heterocycles. The molecule has 3 N–H and O–H groups in total. The summed E-state index contributed by atoms with van der Waals surface area (Å²) in [5.41, 5.74) is 7.59. The maximum Gasteiger partial charge on any atom is 0.220 e. The third-order valence-electron chi connectivity index (χ3n) is 4.24. The monoisotopic (exact) mass is 274 g/mol. The predicted molar refractivity (Wildman–Crippen MR) is 83.4 cm³/mol. The third kappa shape index (κ3) is 4.87. The van der Waals surface area contributed by atoms with Crippen molar-refractivity contribution in [3.63, 3.8) is 0 Å². The van der Waals surface area contributed by atoms with Crippen LogP contribution < -0.4 is 11.1 Å². The molecule has 1 fully saturated rings. The van der Waals surface area contributed by atoms with Crippen molar-refractivity contribution in [2.24, 2.45) is 5.92 Å². The zero-order chi connectivity index (χ0) is 14.4. The number of nitrogen functional groups attached to an aromatic ring is 1. The number of nitrogens with two attached hydrogens (primary N) is 1. The van der Waals surface area contributed by atoms with Crippen LogP contribution in [0.25, 0.3) is 0 Å². The standard InChI is InChI=1S/C17H26N2O/c1-13-3-2-4-16(11-5-13)19-17(20)12-8-14-6-9-15(18)10-7-14/h6-7,9-10,13,16H,2-5,8,11-12,18H2,1H3,(H,19,20). The molecule has 0 spiro atoms. The molecule has 20 heavy (non-hydrogen) atoms. The van der Waals surface area contributed by atoms with Gasteiger partial charge in [-0.25, -0.2) is 0 Å². The molecule has 3 heteroatoms. The summed E-state index contributed by atoms with van der Waals surface area (Å²) in [4.78, 5) is 12.0. The quantitative estimate of drug-likeness (QED) is 0.654. The van der Waals surface area contributed by atoms with Crippen LogP contribution in [0.2, 0.25) is 0 Å². The maximum atomic E-state index is 12.0. The van der Waals surface area contributed by atoms with Crippen molar-refractivity contribution in [1.82, 2.24) is 5.32 Å². The van der Waals surface area contributed by atoms with Gasteiger partial charge in [0.2, 0.25) is 5.91 Å². The van der Waals surface area contributed by atoms with Crippen molar-refractivity contribution >= 4 is 11.6 Å². The number of carbonyl (C=O) groups excluding carboxylic acids is 1. The topological polar surface area (TPSA) is 55.1 Å². The lowest BCUT2D eigenvalue weighted by molar-refractivity contribution is -0.121. The number of rotatable bonds is 4. The molecule has 1 saturated carbocycles. The van der Waals surface area contributed by atoms with Crippen LogP contribution in [0.1, 0.15) is 51.0 Å². The Hall–Kier alpha value is -1.51. The number of nitrogens with one attached hydrogen (secondary N) is 1. The minimum absolute atomic E-state index is 0.182. The normalized spacial score (nSPS) is 23.1. The predicted octanol–water partition coefficient (Wildman–Crippen LogP) is 3.29. The number of amides is 1. The molecule has 0 aliphatic heterocycles. The fourth-order valence-corrected chi connectivity index (χ4v) is 2.87. The maximum absolute atomic E-state index is 12.0. The fourth-order valence-electron chi connectivity index (χ4n) is 2.87.